The van der Waals surface area contributed by atoms with Crippen molar-refractivity contribution in [2.24, 2.45) is 0 Å². The van der Waals surface area contributed by atoms with Crippen molar-refractivity contribution in [3.63, 3.8) is 0 Å². The number of pyridine rings is 1. The Labute approximate surface area is 119 Å². The van der Waals surface area contributed by atoms with Crippen LogP contribution >= 0.6 is 23.2 Å². The number of aromatic nitrogens is 1. The molecule has 0 bridgehead atoms. The number of hydrogen-bond donors (Lipinski definition) is 1. The molecule has 0 aliphatic rings. The molecule has 1 N–H and O–H groups in total. The van der Waals surface area contributed by atoms with Crippen molar-refractivity contribution in [3.05, 3.63) is 28.0 Å². The van der Waals surface area contributed by atoms with Crippen LogP contribution in [0.25, 0.3) is 0 Å². The van der Waals surface area contributed by atoms with Crippen LogP contribution in [0.4, 0.5) is 0 Å². The van der Waals surface area contributed by atoms with Crippen LogP contribution in [-0.4, -0.2) is 33.2 Å². The first-order valence-electron chi connectivity index (χ1n) is 5.33. The number of carbonyl (C=O) groups is 1. The third-order valence-electron chi connectivity index (χ3n) is 2.43. The summed E-state index contributed by atoms with van der Waals surface area (Å²) in [7, 11) is -0.880. The molecule has 0 saturated carbocycles. The Kier molecular flexibility index (Phi) is 6.05. The van der Waals surface area contributed by atoms with E-state index in [1.807, 2.05) is 6.92 Å². The highest BCUT2D eigenvalue weighted by Gasteiger charge is 2.10. The van der Waals surface area contributed by atoms with E-state index < -0.39 is 10.8 Å². The van der Waals surface area contributed by atoms with E-state index in [4.69, 9.17) is 23.2 Å². The average Bonchev–Trinajstić information content (AvgIpc) is 2.27. The second-order valence-corrected chi connectivity index (χ2v) is 6.43. The van der Waals surface area contributed by atoms with Gasteiger partial charge in [-0.25, -0.2) is 4.98 Å². The van der Waals surface area contributed by atoms with E-state index in [1.165, 1.54) is 12.1 Å². The summed E-state index contributed by atoms with van der Waals surface area (Å²) < 4.78 is 11.1. The van der Waals surface area contributed by atoms with Gasteiger partial charge in [0, 0.05) is 34.4 Å². The van der Waals surface area contributed by atoms with Crippen molar-refractivity contribution in [1.82, 2.24) is 10.3 Å². The Morgan fingerprint density at radius 1 is 1.44 bits per heavy atom. The van der Waals surface area contributed by atoms with Gasteiger partial charge in [-0.3, -0.25) is 9.00 Å². The topological polar surface area (TPSA) is 59.1 Å². The molecule has 7 heteroatoms. The fourth-order valence-corrected chi connectivity index (χ4v) is 2.16. The van der Waals surface area contributed by atoms with Crippen LogP contribution in [0.5, 0.6) is 0 Å². The number of hydrogen-bond acceptors (Lipinski definition) is 3. The van der Waals surface area contributed by atoms with Crippen LogP contribution in [-0.2, 0) is 10.8 Å². The second kappa shape index (κ2) is 7.07. The van der Waals surface area contributed by atoms with Gasteiger partial charge in [0.25, 0.3) is 5.91 Å². The van der Waals surface area contributed by atoms with Gasteiger partial charge in [-0.15, -0.1) is 0 Å². The normalized spacial score (nSPS) is 14.0. The van der Waals surface area contributed by atoms with Gasteiger partial charge >= 0.3 is 0 Å². The van der Waals surface area contributed by atoms with Crippen LogP contribution < -0.4 is 5.32 Å². The highest BCUT2D eigenvalue weighted by atomic mass is 35.5. The number of amides is 1. The summed E-state index contributed by atoms with van der Waals surface area (Å²) in [6.07, 6.45) is 2.30. The van der Waals surface area contributed by atoms with Crippen molar-refractivity contribution >= 4 is 39.9 Å². The summed E-state index contributed by atoms with van der Waals surface area (Å²) in [6, 6.07) is 2.90. The molecule has 0 radical (unpaired) electrons. The number of halogens is 2. The van der Waals surface area contributed by atoms with Gasteiger partial charge in [-0.2, -0.15) is 0 Å². The number of nitrogens with zero attached hydrogens (tertiary/aromatic N) is 1. The minimum atomic E-state index is -0.880. The van der Waals surface area contributed by atoms with Gasteiger partial charge < -0.3 is 5.32 Å². The van der Waals surface area contributed by atoms with Crippen molar-refractivity contribution < 1.29 is 9.00 Å². The molecule has 2 atom stereocenters. The van der Waals surface area contributed by atoms with Gasteiger partial charge in [0.15, 0.2) is 0 Å². The Balaban J connectivity index is 2.53. The molecule has 0 aliphatic heterocycles. The first kappa shape index (κ1) is 15.4. The van der Waals surface area contributed by atoms with Crippen LogP contribution in [0.2, 0.25) is 10.3 Å². The van der Waals surface area contributed by atoms with Crippen LogP contribution in [0.1, 0.15) is 23.7 Å². The highest BCUT2D eigenvalue weighted by Crippen LogP contribution is 2.14. The molecule has 18 heavy (non-hydrogen) atoms. The summed E-state index contributed by atoms with van der Waals surface area (Å²) in [5, 5.41) is 3.12. The maximum Gasteiger partial charge on any atom is 0.251 e. The van der Waals surface area contributed by atoms with Crippen LogP contribution in [0.15, 0.2) is 12.1 Å². The van der Waals surface area contributed by atoms with E-state index in [-0.39, 0.29) is 21.5 Å². The van der Waals surface area contributed by atoms with Crippen LogP contribution in [0, 0.1) is 0 Å². The zero-order valence-corrected chi connectivity index (χ0v) is 12.4. The van der Waals surface area contributed by atoms with E-state index in [1.54, 1.807) is 6.26 Å². The smallest absolute Gasteiger partial charge is 0.251 e. The monoisotopic (exact) mass is 308 g/mol. The second-order valence-electron chi connectivity index (χ2n) is 3.86. The van der Waals surface area contributed by atoms with E-state index in [2.05, 4.69) is 10.3 Å². The SMILES string of the molecule is CC(CCNC(=O)c1cc(Cl)nc(Cl)c1)S(C)=O. The van der Waals surface area contributed by atoms with Gasteiger partial charge in [0.05, 0.1) is 0 Å². The van der Waals surface area contributed by atoms with E-state index >= 15 is 0 Å². The molecular formula is C11H14Cl2N2O2S. The van der Waals surface area contributed by atoms with Gasteiger partial charge in [-0.1, -0.05) is 30.1 Å². The molecular weight excluding hydrogens is 295 g/mol. The predicted molar refractivity (Wildman–Crippen MR) is 74.7 cm³/mol. The highest BCUT2D eigenvalue weighted by molar-refractivity contribution is 7.84. The molecule has 0 spiro atoms. The Morgan fingerprint density at radius 3 is 2.50 bits per heavy atom. The predicted octanol–water partition coefficient (Wildman–Crippen LogP) is 2.28. The van der Waals surface area contributed by atoms with Crippen molar-refractivity contribution in [1.29, 1.82) is 0 Å². The lowest BCUT2D eigenvalue weighted by molar-refractivity contribution is 0.0953. The molecule has 1 heterocycles. The molecule has 0 fully saturated rings. The molecule has 4 nitrogen and oxygen atoms in total. The number of carbonyl (C=O) groups excluding carboxylic acids is 1. The average molecular weight is 309 g/mol. The van der Waals surface area contributed by atoms with Gasteiger partial charge in [0.2, 0.25) is 0 Å². The van der Waals surface area contributed by atoms with Crippen LogP contribution in [0.3, 0.4) is 0 Å². The van der Waals surface area contributed by atoms with Crippen molar-refractivity contribution in [2.75, 3.05) is 12.8 Å². The Hall–Kier alpha value is -0.650. The van der Waals surface area contributed by atoms with Gasteiger partial charge in [0.1, 0.15) is 10.3 Å². The zero-order chi connectivity index (χ0) is 13.7. The van der Waals surface area contributed by atoms with Crippen molar-refractivity contribution in [3.8, 4) is 0 Å². The molecule has 1 rings (SSSR count). The molecule has 1 amide bonds. The molecule has 0 saturated heterocycles. The van der Waals surface area contributed by atoms with E-state index in [9.17, 15) is 9.00 Å². The Morgan fingerprint density at radius 2 is 2.00 bits per heavy atom. The summed E-state index contributed by atoms with van der Waals surface area (Å²) in [5.41, 5.74) is 0.366. The maximum atomic E-state index is 11.8. The Bertz CT molecular complexity index is 448. The minimum absolute atomic E-state index is 0.0508. The first-order chi connectivity index (χ1) is 8.40. The molecule has 1 aromatic rings. The fraction of sp³-hybridized carbons (Fsp3) is 0.455. The van der Waals surface area contributed by atoms with Crippen molar-refractivity contribution in [2.45, 2.75) is 18.6 Å². The molecule has 100 valence electrons. The molecule has 1 aromatic heterocycles. The fourth-order valence-electron chi connectivity index (χ4n) is 1.25. The summed E-state index contributed by atoms with van der Waals surface area (Å²) in [4.78, 5) is 15.5. The lowest BCUT2D eigenvalue weighted by Crippen LogP contribution is -2.27. The summed E-state index contributed by atoms with van der Waals surface area (Å²) >= 11 is 11.4. The first-order valence-corrected chi connectivity index (χ1v) is 7.71. The van der Waals surface area contributed by atoms with E-state index in [0.717, 1.165) is 0 Å². The molecule has 0 aliphatic carbocycles. The number of rotatable bonds is 5. The quantitative estimate of drug-likeness (QED) is 0.849. The third-order valence-corrected chi connectivity index (χ3v) is 4.18. The maximum absolute atomic E-state index is 11.8. The standard InChI is InChI=1S/C11H14Cl2N2O2S/c1-7(18(2)17)3-4-14-11(16)8-5-9(12)15-10(13)6-8/h5-7H,3-4H2,1-2H3,(H,14,16). The molecule has 2 unspecified atom stereocenters. The molecule has 0 aromatic carbocycles. The lowest BCUT2D eigenvalue weighted by atomic mass is 10.2. The summed E-state index contributed by atoms with van der Waals surface area (Å²) in [6.45, 7) is 2.33. The van der Waals surface area contributed by atoms with E-state index in [0.29, 0.717) is 18.5 Å². The van der Waals surface area contributed by atoms with Gasteiger partial charge in [-0.05, 0) is 18.6 Å². The number of nitrogens with one attached hydrogen (secondary N) is 1. The largest absolute Gasteiger partial charge is 0.352 e. The minimum Gasteiger partial charge on any atom is -0.352 e. The zero-order valence-electron chi connectivity index (χ0n) is 10.1. The summed E-state index contributed by atoms with van der Waals surface area (Å²) in [5.74, 6) is -0.268. The lowest BCUT2D eigenvalue weighted by Gasteiger charge is -2.09. The third kappa shape index (κ3) is 4.92.